The SMILES string of the molecule is CCC(Oc1ccccc1)C(=O)NC(CC(=O)O)C(=O)O. The van der Waals surface area contributed by atoms with Gasteiger partial charge in [-0.05, 0) is 18.6 Å². The van der Waals surface area contributed by atoms with Gasteiger partial charge in [0, 0.05) is 0 Å². The van der Waals surface area contributed by atoms with Crippen LogP contribution in [-0.2, 0) is 14.4 Å². The zero-order valence-electron chi connectivity index (χ0n) is 11.5. The minimum Gasteiger partial charge on any atom is -0.481 e. The first-order chi connectivity index (χ1) is 9.93. The van der Waals surface area contributed by atoms with Crippen molar-refractivity contribution in [3.05, 3.63) is 30.3 Å². The van der Waals surface area contributed by atoms with Crippen LogP contribution >= 0.6 is 0 Å². The Hall–Kier alpha value is -2.57. The molecule has 1 aromatic carbocycles. The molecule has 0 fully saturated rings. The fourth-order valence-corrected chi connectivity index (χ4v) is 1.62. The highest BCUT2D eigenvalue weighted by Gasteiger charge is 2.27. The Labute approximate surface area is 121 Å². The summed E-state index contributed by atoms with van der Waals surface area (Å²) in [5.74, 6) is -2.89. The maximum absolute atomic E-state index is 12.0. The monoisotopic (exact) mass is 295 g/mol. The van der Waals surface area contributed by atoms with Crippen molar-refractivity contribution in [2.45, 2.75) is 31.9 Å². The molecule has 0 radical (unpaired) electrons. The van der Waals surface area contributed by atoms with E-state index in [2.05, 4.69) is 5.32 Å². The van der Waals surface area contributed by atoms with Crippen molar-refractivity contribution in [1.82, 2.24) is 5.32 Å². The molecule has 0 aromatic heterocycles. The van der Waals surface area contributed by atoms with Crippen LogP contribution in [-0.4, -0.2) is 40.2 Å². The maximum Gasteiger partial charge on any atom is 0.326 e. The van der Waals surface area contributed by atoms with Gasteiger partial charge in [0.15, 0.2) is 6.10 Å². The quantitative estimate of drug-likeness (QED) is 0.656. The highest BCUT2D eigenvalue weighted by Crippen LogP contribution is 2.12. The highest BCUT2D eigenvalue weighted by atomic mass is 16.5. The molecule has 0 saturated carbocycles. The molecule has 114 valence electrons. The average molecular weight is 295 g/mol. The molecule has 0 aliphatic rings. The number of para-hydroxylation sites is 1. The Kier molecular flexibility index (Phi) is 6.19. The molecule has 0 aliphatic carbocycles. The van der Waals surface area contributed by atoms with Crippen LogP contribution in [0, 0.1) is 0 Å². The summed E-state index contributed by atoms with van der Waals surface area (Å²) in [6.45, 7) is 1.71. The molecular weight excluding hydrogens is 278 g/mol. The van der Waals surface area contributed by atoms with Crippen molar-refractivity contribution in [2.24, 2.45) is 0 Å². The van der Waals surface area contributed by atoms with Crippen molar-refractivity contribution in [3.8, 4) is 5.75 Å². The predicted octanol–water partition coefficient (Wildman–Crippen LogP) is 0.888. The van der Waals surface area contributed by atoms with Gasteiger partial charge in [-0.25, -0.2) is 4.79 Å². The number of rotatable bonds is 8. The molecule has 7 nitrogen and oxygen atoms in total. The van der Waals surface area contributed by atoms with Gasteiger partial charge in [-0.15, -0.1) is 0 Å². The van der Waals surface area contributed by atoms with Crippen LogP contribution in [0.5, 0.6) is 5.75 Å². The second kappa shape index (κ2) is 7.88. The summed E-state index contributed by atoms with van der Waals surface area (Å²) in [5, 5.41) is 19.7. The summed E-state index contributed by atoms with van der Waals surface area (Å²) in [7, 11) is 0. The van der Waals surface area contributed by atoms with Crippen LogP contribution in [0.4, 0.5) is 0 Å². The molecule has 2 atom stereocenters. The number of carboxylic acids is 2. The summed E-state index contributed by atoms with van der Waals surface area (Å²) >= 11 is 0. The number of nitrogens with one attached hydrogen (secondary N) is 1. The van der Waals surface area contributed by atoms with Gasteiger partial charge >= 0.3 is 11.9 Å². The zero-order chi connectivity index (χ0) is 15.8. The van der Waals surface area contributed by atoms with E-state index in [-0.39, 0.29) is 0 Å². The third-order valence-corrected chi connectivity index (χ3v) is 2.68. The molecule has 21 heavy (non-hydrogen) atoms. The first kappa shape index (κ1) is 16.5. The summed E-state index contributed by atoms with van der Waals surface area (Å²) in [6.07, 6.45) is -1.26. The van der Waals surface area contributed by atoms with E-state index in [4.69, 9.17) is 14.9 Å². The van der Waals surface area contributed by atoms with Crippen molar-refractivity contribution < 1.29 is 29.3 Å². The minimum absolute atomic E-state index is 0.320. The molecule has 7 heteroatoms. The van der Waals surface area contributed by atoms with Gasteiger partial charge in [0.1, 0.15) is 11.8 Å². The van der Waals surface area contributed by atoms with Crippen LogP contribution in [0.1, 0.15) is 19.8 Å². The second-order valence-electron chi connectivity index (χ2n) is 4.33. The normalized spacial score (nSPS) is 13.0. The first-order valence-corrected chi connectivity index (χ1v) is 6.40. The Balaban J connectivity index is 2.69. The Morgan fingerprint density at radius 2 is 1.81 bits per heavy atom. The lowest BCUT2D eigenvalue weighted by Crippen LogP contribution is -2.47. The van der Waals surface area contributed by atoms with Crippen molar-refractivity contribution in [2.75, 3.05) is 0 Å². The second-order valence-corrected chi connectivity index (χ2v) is 4.33. The number of carbonyl (C=O) groups excluding carboxylic acids is 1. The third-order valence-electron chi connectivity index (χ3n) is 2.68. The molecule has 0 aliphatic heterocycles. The molecule has 1 aromatic rings. The Morgan fingerprint density at radius 1 is 1.19 bits per heavy atom. The summed E-state index contributed by atoms with van der Waals surface area (Å²) in [5.41, 5.74) is 0. The Morgan fingerprint density at radius 3 is 2.29 bits per heavy atom. The van der Waals surface area contributed by atoms with E-state index in [1.165, 1.54) is 0 Å². The van der Waals surface area contributed by atoms with E-state index >= 15 is 0 Å². The lowest BCUT2D eigenvalue weighted by Gasteiger charge is -2.19. The van der Waals surface area contributed by atoms with Crippen LogP contribution < -0.4 is 10.1 Å². The number of carbonyl (C=O) groups is 3. The fourth-order valence-electron chi connectivity index (χ4n) is 1.62. The molecule has 1 amide bonds. The van der Waals surface area contributed by atoms with Crippen LogP contribution in [0.15, 0.2) is 30.3 Å². The molecule has 3 N–H and O–H groups in total. The molecule has 0 saturated heterocycles. The van der Waals surface area contributed by atoms with E-state index in [1.54, 1.807) is 37.3 Å². The summed E-state index contributed by atoms with van der Waals surface area (Å²) < 4.78 is 5.46. The van der Waals surface area contributed by atoms with Gasteiger partial charge in [0.05, 0.1) is 6.42 Å². The molecule has 0 spiro atoms. The van der Waals surface area contributed by atoms with Gasteiger partial charge in [-0.1, -0.05) is 25.1 Å². The third kappa shape index (κ3) is 5.52. The number of aliphatic carboxylic acids is 2. The van der Waals surface area contributed by atoms with Crippen LogP contribution in [0.25, 0.3) is 0 Å². The van der Waals surface area contributed by atoms with Crippen LogP contribution in [0.3, 0.4) is 0 Å². The number of amides is 1. The van der Waals surface area contributed by atoms with Crippen LogP contribution in [0.2, 0.25) is 0 Å². The molecular formula is C14H17NO6. The number of benzene rings is 1. The van der Waals surface area contributed by atoms with E-state index < -0.39 is 36.4 Å². The predicted molar refractivity (Wildman–Crippen MR) is 73.0 cm³/mol. The largest absolute Gasteiger partial charge is 0.481 e. The number of hydrogen-bond donors (Lipinski definition) is 3. The molecule has 1 rings (SSSR count). The molecule has 0 bridgehead atoms. The lowest BCUT2D eigenvalue weighted by atomic mass is 10.2. The minimum atomic E-state index is -1.48. The van der Waals surface area contributed by atoms with Gasteiger partial charge in [0.25, 0.3) is 5.91 Å². The van der Waals surface area contributed by atoms with Gasteiger partial charge < -0.3 is 20.3 Å². The average Bonchev–Trinajstić information content (AvgIpc) is 2.44. The maximum atomic E-state index is 12.0. The van der Waals surface area contributed by atoms with E-state index in [0.717, 1.165) is 0 Å². The van der Waals surface area contributed by atoms with E-state index in [0.29, 0.717) is 12.2 Å². The Bertz CT molecular complexity index is 501. The topological polar surface area (TPSA) is 113 Å². The zero-order valence-corrected chi connectivity index (χ0v) is 11.5. The van der Waals surface area contributed by atoms with Crippen molar-refractivity contribution >= 4 is 17.8 Å². The van der Waals surface area contributed by atoms with Gasteiger partial charge in [-0.3, -0.25) is 9.59 Å². The standard InChI is InChI=1S/C14H17NO6/c1-2-11(21-9-6-4-3-5-7-9)13(18)15-10(14(19)20)8-12(16)17/h3-7,10-11H,2,8H2,1H3,(H,15,18)(H,16,17)(H,19,20). The van der Waals surface area contributed by atoms with E-state index in [9.17, 15) is 14.4 Å². The fraction of sp³-hybridized carbons (Fsp3) is 0.357. The van der Waals surface area contributed by atoms with Crippen molar-refractivity contribution in [3.63, 3.8) is 0 Å². The number of ether oxygens (including phenoxy) is 1. The number of hydrogen-bond acceptors (Lipinski definition) is 4. The first-order valence-electron chi connectivity index (χ1n) is 6.40. The summed E-state index contributed by atoms with van der Waals surface area (Å²) in [6, 6.07) is 7.13. The molecule has 2 unspecified atom stereocenters. The van der Waals surface area contributed by atoms with E-state index in [1.807, 2.05) is 0 Å². The molecule has 0 heterocycles. The highest BCUT2D eigenvalue weighted by molar-refractivity contribution is 5.88. The number of carboxylic acid groups (broad SMARTS) is 2. The van der Waals surface area contributed by atoms with Gasteiger partial charge in [0.2, 0.25) is 0 Å². The smallest absolute Gasteiger partial charge is 0.326 e. The van der Waals surface area contributed by atoms with Gasteiger partial charge in [-0.2, -0.15) is 0 Å². The summed E-state index contributed by atoms with van der Waals surface area (Å²) in [4.78, 5) is 33.5. The lowest BCUT2D eigenvalue weighted by molar-refractivity contribution is -0.148. The van der Waals surface area contributed by atoms with Crippen molar-refractivity contribution in [1.29, 1.82) is 0 Å².